The molecule has 118 valence electrons. The highest BCUT2D eigenvalue weighted by molar-refractivity contribution is 5.81. The Balaban J connectivity index is 1.89. The van der Waals surface area contributed by atoms with E-state index in [1.54, 1.807) is 11.7 Å². The van der Waals surface area contributed by atoms with Crippen molar-refractivity contribution in [2.75, 3.05) is 13.7 Å². The van der Waals surface area contributed by atoms with Crippen LogP contribution in [0.25, 0.3) is 11.6 Å². The number of carbonyl (C=O) groups is 2. The predicted octanol–water partition coefficient (Wildman–Crippen LogP) is 0.000320. The summed E-state index contributed by atoms with van der Waals surface area (Å²) in [5.74, 6) is -0.0864. The van der Waals surface area contributed by atoms with Gasteiger partial charge in [-0.2, -0.15) is 5.10 Å². The fourth-order valence-electron chi connectivity index (χ4n) is 1.82. The summed E-state index contributed by atoms with van der Waals surface area (Å²) in [6, 6.07) is 1.83. The lowest BCUT2D eigenvalue weighted by atomic mass is 10.3. The van der Waals surface area contributed by atoms with Gasteiger partial charge in [0, 0.05) is 19.9 Å². The molecule has 9 nitrogen and oxygen atoms in total. The van der Waals surface area contributed by atoms with Gasteiger partial charge in [0.2, 0.25) is 11.8 Å². The zero-order valence-corrected chi connectivity index (χ0v) is 12.6. The van der Waals surface area contributed by atoms with Gasteiger partial charge in [0.15, 0.2) is 0 Å². The van der Waals surface area contributed by atoms with E-state index < -0.39 is 5.97 Å². The van der Waals surface area contributed by atoms with Crippen LogP contribution in [-0.4, -0.2) is 45.5 Å². The van der Waals surface area contributed by atoms with Crippen LogP contribution < -0.4 is 5.32 Å². The first kappa shape index (κ1) is 15.7. The molecule has 2 aromatic rings. The number of amides is 1. The van der Waals surface area contributed by atoms with Crippen molar-refractivity contribution in [1.82, 2.24) is 25.3 Å². The summed E-state index contributed by atoms with van der Waals surface area (Å²) in [5, 5.41) is 14.5. The molecule has 22 heavy (non-hydrogen) atoms. The van der Waals surface area contributed by atoms with Crippen molar-refractivity contribution in [3.05, 3.63) is 17.7 Å². The van der Waals surface area contributed by atoms with E-state index in [0.717, 1.165) is 5.69 Å². The average molecular weight is 307 g/mol. The molecular weight excluding hydrogens is 290 g/mol. The normalized spacial score (nSPS) is 10.5. The van der Waals surface area contributed by atoms with E-state index >= 15 is 0 Å². The third-order valence-electron chi connectivity index (χ3n) is 2.91. The summed E-state index contributed by atoms with van der Waals surface area (Å²) in [7, 11) is 3.04. The molecule has 0 aliphatic carbocycles. The molecule has 0 spiro atoms. The first-order valence-electron chi connectivity index (χ1n) is 6.66. The summed E-state index contributed by atoms with van der Waals surface area (Å²) >= 11 is 0. The average Bonchev–Trinajstić information content (AvgIpc) is 3.08. The van der Waals surface area contributed by atoms with Crippen LogP contribution in [0.3, 0.4) is 0 Å². The van der Waals surface area contributed by atoms with Gasteiger partial charge in [-0.05, 0) is 13.0 Å². The highest BCUT2D eigenvalue weighted by Crippen LogP contribution is 2.18. The number of hydrogen-bond donors (Lipinski definition) is 1. The smallest absolute Gasteiger partial charge is 0.325 e. The summed E-state index contributed by atoms with van der Waals surface area (Å²) < 4.78 is 11.6. The predicted molar refractivity (Wildman–Crippen MR) is 74.6 cm³/mol. The maximum atomic E-state index is 11.5. The Morgan fingerprint density at radius 2 is 2.18 bits per heavy atom. The number of nitrogens with zero attached hydrogens (tertiary/aromatic N) is 4. The number of esters is 1. The number of methoxy groups -OCH3 is 1. The van der Waals surface area contributed by atoms with Crippen LogP contribution in [0.1, 0.15) is 18.0 Å². The summed E-state index contributed by atoms with van der Waals surface area (Å²) in [5.41, 5.74) is 1.56. The van der Waals surface area contributed by atoms with E-state index in [1.165, 1.54) is 7.11 Å². The van der Waals surface area contributed by atoms with Crippen molar-refractivity contribution < 1.29 is 18.7 Å². The molecule has 2 rings (SSSR count). The zero-order chi connectivity index (χ0) is 16.1. The fourth-order valence-corrected chi connectivity index (χ4v) is 1.82. The highest BCUT2D eigenvalue weighted by Gasteiger charge is 2.14. The molecule has 0 saturated heterocycles. The Bertz CT molecular complexity index is 676. The molecule has 2 heterocycles. The Morgan fingerprint density at radius 1 is 1.41 bits per heavy atom. The molecule has 0 fully saturated rings. The molecular formula is C13H17N5O4. The van der Waals surface area contributed by atoms with E-state index in [-0.39, 0.29) is 25.3 Å². The topological polar surface area (TPSA) is 112 Å². The number of aryl methyl sites for hydroxylation is 3. The molecule has 0 aliphatic rings. The number of rotatable bonds is 6. The van der Waals surface area contributed by atoms with Crippen LogP contribution >= 0.6 is 0 Å². The molecule has 0 aromatic carbocycles. The van der Waals surface area contributed by atoms with Crippen molar-refractivity contribution in [2.45, 2.75) is 19.8 Å². The first-order chi connectivity index (χ1) is 10.5. The van der Waals surface area contributed by atoms with Crippen molar-refractivity contribution in [2.24, 2.45) is 7.05 Å². The third-order valence-corrected chi connectivity index (χ3v) is 2.91. The van der Waals surface area contributed by atoms with Crippen LogP contribution in [-0.2, 0) is 27.8 Å². The van der Waals surface area contributed by atoms with Crippen molar-refractivity contribution in [3.8, 4) is 11.6 Å². The lowest BCUT2D eigenvalue weighted by molar-refractivity contribution is -0.141. The molecule has 1 N–H and O–H groups in total. The van der Waals surface area contributed by atoms with Gasteiger partial charge in [0.1, 0.15) is 12.2 Å². The third kappa shape index (κ3) is 3.90. The fraction of sp³-hybridized carbons (Fsp3) is 0.462. The molecule has 2 aromatic heterocycles. The van der Waals surface area contributed by atoms with E-state index in [0.29, 0.717) is 17.5 Å². The standard InChI is InChI=1S/C13H17N5O4/c1-8-6-9(18(2)17-8)13-16-15-11(22-13)5-4-10(19)14-7-12(20)21-3/h6H,4-5,7H2,1-3H3,(H,14,19). The van der Waals surface area contributed by atoms with Gasteiger partial charge in [0.25, 0.3) is 5.89 Å². The SMILES string of the molecule is COC(=O)CNC(=O)CCc1nnc(-c2cc(C)nn2C)o1. The maximum absolute atomic E-state index is 11.5. The molecule has 9 heteroatoms. The lowest BCUT2D eigenvalue weighted by Gasteiger charge is -2.01. The van der Waals surface area contributed by atoms with Crippen LogP contribution in [0, 0.1) is 6.92 Å². The molecule has 0 atom stereocenters. The van der Waals surface area contributed by atoms with Crippen molar-refractivity contribution >= 4 is 11.9 Å². The molecule has 0 aliphatic heterocycles. The van der Waals surface area contributed by atoms with E-state index in [1.807, 2.05) is 13.0 Å². The van der Waals surface area contributed by atoms with Crippen LogP contribution in [0.2, 0.25) is 0 Å². The van der Waals surface area contributed by atoms with Gasteiger partial charge in [-0.1, -0.05) is 0 Å². The Hall–Kier alpha value is -2.71. The Labute approximate surface area is 126 Å². The van der Waals surface area contributed by atoms with Gasteiger partial charge in [-0.15, -0.1) is 10.2 Å². The minimum Gasteiger partial charge on any atom is -0.468 e. The second-order valence-electron chi connectivity index (χ2n) is 4.65. The van der Waals surface area contributed by atoms with Gasteiger partial charge in [0.05, 0.1) is 12.8 Å². The number of ether oxygens (including phenoxy) is 1. The zero-order valence-electron chi connectivity index (χ0n) is 12.6. The molecule has 0 saturated carbocycles. The Morgan fingerprint density at radius 3 is 2.82 bits per heavy atom. The van der Waals surface area contributed by atoms with Gasteiger partial charge in [-0.25, -0.2) is 0 Å². The van der Waals surface area contributed by atoms with Crippen LogP contribution in [0.15, 0.2) is 10.5 Å². The quantitative estimate of drug-likeness (QED) is 0.747. The number of carbonyl (C=O) groups excluding carboxylic acids is 2. The first-order valence-corrected chi connectivity index (χ1v) is 6.66. The van der Waals surface area contributed by atoms with Crippen molar-refractivity contribution in [1.29, 1.82) is 0 Å². The maximum Gasteiger partial charge on any atom is 0.325 e. The second kappa shape index (κ2) is 6.83. The molecule has 0 radical (unpaired) electrons. The largest absolute Gasteiger partial charge is 0.468 e. The minimum absolute atomic E-state index is 0.142. The summed E-state index contributed by atoms with van der Waals surface area (Å²) in [6.07, 6.45) is 0.430. The summed E-state index contributed by atoms with van der Waals surface area (Å²) in [6.45, 7) is 1.71. The van der Waals surface area contributed by atoms with E-state index in [4.69, 9.17) is 4.42 Å². The lowest BCUT2D eigenvalue weighted by Crippen LogP contribution is -2.30. The second-order valence-corrected chi connectivity index (χ2v) is 4.65. The highest BCUT2D eigenvalue weighted by atomic mass is 16.5. The van der Waals surface area contributed by atoms with Gasteiger partial charge in [-0.3, -0.25) is 14.3 Å². The van der Waals surface area contributed by atoms with Crippen LogP contribution in [0.5, 0.6) is 0 Å². The molecule has 0 bridgehead atoms. The van der Waals surface area contributed by atoms with Crippen LogP contribution in [0.4, 0.5) is 0 Å². The summed E-state index contributed by atoms with van der Waals surface area (Å²) in [4.78, 5) is 22.4. The van der Waals surface area contributed by atoms with Gasteiger partial charge >= 0.3 is 5.97 Å². The molecule has 0 unspecified atom stereocenters. The van der Waals surface area contributed by atoms with Crippen molar-refractivity contribution in [3.63, 3.8) is 0 Å². The van der Waals surface area contributed by atoms with E-state index in [2.05, 4.69) is 25.3 Å². The minimum atomic E-state index is -0.500. The number of hydrogen-bond acceptors (Lipinski definition) is 7. The number of nitrogens with one attached hydrogen (secondary N) is 1. The van der Waals surface area contributed by atoms with Gasteiger partial charge < -0.3 is 14.5 Å². The van der Waals surface area contributed by atoms with E-state index in [9.17, 15) is 9.59 Å². The monoisotopic (exact) mass is 307 g/mol. The molecule has 1 amide bonds. The number of aromatic nitrogens is 4. The Kier molecular flexibility index (Phi) is 4.87.